The quantitative estimate of drug-likeness (QED) is 0.261. The Labute approximate surface area is 225 Å². The molecule has 0 atom stereocenters. The Morgan fingerprint density at radius 1 is 0.944 bits per heavy atom. The number of halogens is 2. The first kappa shape index (κ1) is 26.1. The summed E-state index contributed by atoms with van der Waals surface area (Å²) in [5.74, 6) is 0.256. The molecule has 8 heteroatoms. The number of amides is 2. The highest BCUT2D eigenvalue weighted by Gasteiger charge is 2.36. The molecule has 1 aliphatic heterocycles. The third-order valence-electron chi connectivity index (χ3n) is 5.90. The van der Waals surface area contributed by atoms with Crippen LogP contribution < -0.4 is 9.64 Å². The lowest BCUT2D eigenvalue weighted by molar-refractivity contribution is -0.123. The van der Waals surface area contributed by atoms with Crippen molar-refractivity contribution in [3.8, 4) is 5.75 Å². The Balaban J connectivity index is 1.63. The van der Waals surface area contributed by atoms with Crippen LogP contribution in [0.5, 0.6) is 5.75 Å². The Morgan fingerprint density at radius 3 is 2.31 bits per heavy atom. The van der Waals surface area contributed by atoms with E-state index in [1.807, 2.05) is 48.5 Å². The molecule has 5 nitrogen and oxygen atoms in total. The summed E-state index contributed by atoms with van der Waals surface area (Å²) >= 11 is 13.4. The molecule has 4 rings (SSSR count). The minimum absolute atomic E-state index is 0.0127. The van der Waals surface area contributed by atoms with Crippen LogP contribution in [0.15, 0.2) is 71.6 Å². The van der Waals surface area contributed by atoms with Gasteiger partial charge in [-0.25, -0.2) is 0 Å². The highest BCUT2D eigenvalue weighted by Crippen LogP contribution is 2.37. The molecule has 36 heavy (non-hydrogen) atoms. The SMILES string of the molecule is CCN(CC)c1ccc(/C=C2\SC(=O)N(Cc3c(Cl)cccc3Cl)C2=O)c(OCc2ccccc2)c1. The highest BCUT2D eigenvalue weighted by molar-refractivity contribution is 8.18. The molecule has 0 aromatic heterocycles. The van der Waals surface area contributed by atoms with Gasteiger partial charge in [-0.2, -0.15) is 0 Å². The number of carbonyl (C=O) groups excluding carboxylic acids is 2. The van der Waals surface area contributed by atoms with E-state index in [2.05, 4.69) is 18.7 Å². The standard InChI is InChI=1S/C28H26Cl2N2O3S/c1-3-31(4-2)21-14-13-20(25(16-21)35-18-19-9-6-5-7-10-19)15-26-27(33)32(28(34)36-26)17-22-23(29)11-8-12-24(22)30/h5-16H,3-4,17-18H2,1-2H3/b26-15-. The van der Waals surface area contributed by atoms with Crippen molar-refractivity contribution in [2.75, 3.05) is 18.0 Å². The maximum atomic E-state index is 13.2. The minimum Gasteiger partial charge on any atom is -0.488 e. The molecular weight excluding hydrogens is 515 g/mol. The van der Waals surface area contributed by atoms with Crippen LogP contribution in [0, 0.1) is 0 Å². The average Bonchev–Trinajstić information content (AvgIpc) is 3.14. The summed E-state index contributed by atoms with van der Waals surface area (Å²) in [6, 6.07) is 20.9. The number of ether oxygens (including phenoxy) is 1. The summed E-state index contributed by atoms with van der Waals surface area (Å²) in [4.78, 5) is 29.6. The van der Waals surface area contributed by atoms with Gasteiger partial charge in [-0.1, -0.05) is 59.6 Å². The van der Waals surface area contributed by atoms with Gasteiger partial charge in [0.2, 0.25) is 0 Å². The fraction of sp³-hybridized carbons (Fsp3) is 0.214. The number of rotatable bonds is 9. The number of hydrogen-bond donors (Lipinski definition) is 0. The van der Waals surface area contributed by atoms with Crippen molar-refractivity contribution in [1.82, 2.24) is 4.90 Å². The molecule has 0 saturated carbocycles. The zero-order valence-electron chi connectivity index (χ0n) is 20.0. The number of benzene rings is 3. The van der Waals surface area contributed by atoms with E-state index in [0.717, 1.165) is 41.7 Å². The largest absolute Gasteiger partial charge is 0.488 e. The molecule has 0 radical (unpaired) electrons. The van der Waals surface area contributed by atoms with Crippen LogP contribution >= 0.6 is 35.0 Å². The van der Waals surface area contributed by atoms with E-state index in [0.29, 0.717) is 32.9 Å². The third kappa shape index (κ3) is 5.89. The zero-order chi connectivity index (χ0) is 25.7. The van der Waals surface area contributed by atoms with Crippen LogP contribution in [-0.2, 0) is 17.9 Å². The molecule has 0 spiro atoms. The fourth-order valence-electron chi connectivity index (χ4n) is 3.91. The summed E-state index contributed by atoms with van der Waals surface area (Å²) in [6.07, 6.45) is 1.71. The second kappa shape index (κ2) is 11.9. The van der Waals surface area contributed by atoms with Gasteiger partial charge in [-0.3, -0.25) is 14.5 Å². The van der Waals surface area contributed by atoms with Crippen molar-refractivity contribution in [3.63, 3.8) is 0 Å². The van der Waals surface area contributed by atoms with E-state index >= 15 is 0 Å². The van der Waals surface area contributed by atoms with Gasteiger partial charge < -0.3 is 9.64 Å². The van der Waals surface area contributed by atoms with Crippen LogP contribution in [0.2, 0.25) is 10.0 Å². The Hall–Kier alpha value is -2.93. The van der Waals surface area contributed by atoms with Crippen LogP contribution in [-0.4, -0.2) is 29.1 Å². The van der Waals surface area contributed by atoms with E-state index in [1.54, 1.807) is 24.3 Å². The molecule has 186 valence electrons. The summed E-state index contributed by atoms with van der Waals surface area (Å²) < 4.78 is 6.20. The molecule has 0 aliphatic carbocycles. The normalized spacial score (nSPS) is 14.6. The van der Waals surface area contributed by atoms with Crippen molar-refractivity contribution in [2.45, 2.75) is 27.0 Å². The summed E-state index contributed by atoms with van der Waals surface area (Å²) in [5.41, 5.74) is 3.33. The summed E-state index contributed by atoms with van der Waals surface area (Å²) in [5, 5.41) is 0.456. The van der Waals surface area contributed by atoms with Gasteiger partial charge in [0.15, 0.2) is 0 Å². The zero-order valence-corrected chi connectivity index (χ0v) is 22.4. The predicted octanol–water partition coefficient (Wildman–Crippen LogP) is 7.66. The Morgan fingerprint density at radius 2 is 1.64 bits per heavy atom. The van der Waals surface area contributed by atoms with E-state index in [9.17, 15) is 9.59 Å². The van der Waals surface area contributed by atoms with E-state index < -0.39 is 0 Å². The predicted molar refractivity (Wildman–Crippen MR) is 149 cm³/mol. The van der Waals surface area contributed by atoms with Gasteiger partial charge in [0.1, 0.15) is 12.4 Å². The maximum absolute atomic E-state index is 13.2. The molecule has 2 amide bonds. The first-order chi connectivity index (χ1) is 17.4. The first-order valence-electron chi connectivity index (χ1n) is 11.6. The van der Waals surface area contributed by atoms with Gasteiger partial charge in [-0.15, -0.1) is 0 Å². The van der Waals surface area contributed by atoms with Crippen molar-refractivity contribution >= 4 is 57.9 Å². The van der Waals surface area contributed by atoms with Gasteiger partial charge >= 0.3 is 0 Å². The minimum atomic E-state index is -0.386. The molecule has 3 aromatic carbocycles. The van der Waals surface area contributed by atoms with E-state index in [1.165, 1.54) is 4.90 Å². The molecule has 0 bridgehead atoms. The van der Waals surface area contributed by atoms with Gasteiger partial charge in [-0.05, 0) is 61.5 Å². The molecule has 1 heterocycles. The van der Waals surface area contributed by atoms with Crippen molar-refractivity contribution in [2.24, 2.45) is 0 Å². The van der Waals surface area contributed by atoms with Gasteiger partial charge in [0.05, 0.1) is 11.4 Å². The lowest BCUT2D eigenvalue weighted by Crippen LogP contribution is -2.27. The van der Waals surface area contributed by atoms with E-state index in [-0.39, 0.29) is 17.7 Å². The number of imide groups is 1. The third-order valence-corrected chi connectivity index (χ3v) is 7.52. The molecular formula is C28H26Cl2N2O3S. The first-order valence-corrected chi connectivity index (χ1v) is 13.2. The van der Waals surface area contributed by atoms with Crippen molar-refractivity contribution < 1.29 is 14.3 Å². The van der Waals surface area contributed by atoms with Crippen molar-refractivity contribution in [1.29, 1.82) is 0 Å². The molecule has 1 saturated heterocycles. The van der Waals surface area contributed by atoms with Gasteiger partial charge in [0, 0.05) is 46.0 Å². The van der Waals surface area contributed by atoms with Crippen LogP contribution in [0.25, 0.3) is 6.08 Å². The van der Waals surface area contributed by atoms with E-state index in [4.69, 9.17) is 27.9 Å². The second-order valence-electron chi connectivity index (χ2n) is 8.14. The second-order valence-corrected chi connectivity index (χ2v) is 9.94. The summed E-state index contributed by atoms with van der Waals surface area (Å²) in [6.45, 7) is 6.32. The lowest BCUT2D eigenvalue weighted by atomic mass is 10.1. The maximum Gasteiger partial charge on any atom is 0.293 e. The molecule has 0 unspecified atom stereocenters. The molecule has 3 aromatic rings. The molecule has 0 N–H and O–H groups in total. The number of hydrogen-bond acceptors (Lipinski definition) is 5. The van der Waals surface area contributed by atoms with Gasteiger partial charge in [0.25, 0.3) is 11.1 Å². The van der Waals surface area contributed by atoms with Crippen LogP contribution in [0.3, 0.4) is 0 Å². The highest BCUT2D eigenvalue weighted by atomic mass is 35.5. The monoisotopic (exact) mass is 540 g/mol. The van der Waals surface area contributed by atoms with Crippen molar-refractivity contribution in [3.05, 3.63) is 98.4 Å². The van der Waals surface area contributed by atoms with Crippen LogP contribution in [0.4, 0.5) is 10.5 Å². The van der Waals surface area contributed by atoms with Crippen LogP contribution in [0.1, 0.15) is 30.5 Å². The number of nitrogens with zero attached hydrogens (tertiary/aromatic N) is 2. The Kier molecular flexibility index (Phi) is 8.62. The number of carbonyl (C=O) groups is 2. The smallest absolute Gasteiger partial charge is 0.293 e. The lowest BCUT2D eigenvalue weighted by Gasteiger charge is -2.22. The molecule has 1 fully saturated rings. The summed E-state index contributed by atoms with van der Waals surface area (Å²) in [7, 11) is 0. The molecule has 1 aliphatic rings. The topological polar surface area (TPSA) is 49.9 Å². The number of thioether (sulfide) groups is 1. The Bertz CT molecular complexity index is 1270. The number of anilines is 1. The average molecular weight is 542 g/mol. The fourth-order valence-corrected chi connectivity index (χ4v) is 5.25.